The molecule has 11 aromatic carbocycles. The molecular weight excluding hydrogens is 813 g/mol. The Morgan fingerprint density at radius 2 is 0.851 bits per heavy atom. The standard InChI is InChI=1S/C64H42N2O/c1-2-21-52-46(15-1)16-13-26-53(52)48-18-12-19-50(42-48)65(59-28-7-5-24-56(59)57-27-14-32-63-64(57)58-25-6-10-31-62(58)67-63)49-39-37-44(38-40-49)43-33-35-45(36-34-43)47-17-11-20-51(41-47)66-60-29-8-3-22-54(60)55-23-4-9-30-61(55)66/h1-42H. The van der Waals surface area contributed by atoms with Gasteiger partial charge in [-0.1, -0.05) is 188 Å². The third kappa shape index (κ3) is 6.59. The number of hydrogen-bond acceptors (Lipinski definition) is 2. The third-order valence-electron chi connectivity index (χ3n) is 13.4. The van der Waals surface area contributed by atoms with E-state index in [-0.39, 0.29) is 0 Å². The average Bonchev–Trinajstić information content (AvgIpc) is 3.95. The van der Waals surface area contributed by atoms with Crippen molar-refractivity contribution in [2.75, 3.05) is 4.90 Å². The minimum atomic E-state index is 0.879. The molecule has 314 valence electrons. The highest BCUT2D eigenvalue weighted by Crippen LogP contribution is 2.46. The lowest BCUT2D eigenvalue weighted by atomic mass is 9.95. The Morgan fingerprint density at radius 3 is 1.64 bits per heavy atom. The van der Waals surface area contributed by atoms with E-state index in [1.165, 1.54) is 49.3 Å². The van der Waals surface area contributed by atoms with E-state index < -0.39 is 0 Å². The molecule has 3 heteroatoms. The molecule has 0 N–H and O–H groups in total. The molecule has 0 atom stereocenters. The average molecular weight is 855 g/mol. The second kappa shape index (κ2) is 16.0. The fourth-order valence-electron chi connectivity index (χ4n) is 10.3. The minimum absolute atomic E-state index is 0.879. The van der Waals surface area contributed by atoms with Crippen molar-refractivity contribution in [1.82, 2.24) is 4.57 Å². The number of aromatic nitrogens is 1. The molecule has 0 spiro atoms. The van der Waals surface area contributed by atoms with Crippen molar-refractivity contribution in [3.63, 3.8) is 0 Å². The summed E-state index contributed by atoms with van der Waals surface area (Å²) in [6.45, 7) is 0. The summed E-state index contributed by atoms with van der Waals surface area (Å²) >= 11 is 0. The predicted molar refractivity (Wildman–Crippen MR) is 282 cm³/mol. The molecule has 0 saturated carbocycles. The summed E-state index contributed by atoms with van der Waals surface area (Å²) in [5.74, 6) is 0. The number of rotatable bonds is 8. The van der Waals surface area contributed by atoms with Gasteiger partial charge in [0.05, 0.1) is 16.7 Å². The molecule has 0 bridgehead atoms. The zero-order valence-corrected chi connectivity index (χ0v) is 36.6. The van der Waals surface area contributed by atoms with Crippen molar-refractivity contribution in [3.05, 3.63) is 255 Å². The van der Waals surface area contributed by atoms with Crippen LogP contribution in [0.1, 0.15) is 0 Å². The summed E-state index contributed by atoms with van der Waals surface area (Å²) in [5, 5.41) is 7.22. The van der Waals surface area contributed by atoms with Crippen LogP contribution in [-0.4, -0.2) is 4.57 Å². The molecule has 0 fully saturated rings. The van der Waals surface area contributed by atoms with Gasteiger partial charge >= 0.3 is 0 Å². The van der Waals surface area contributed by atoms with Gasteiger partial charge in [0.2, 0.25) is 0 Å². The molecule has 0 aliphatic heterocycles. The van der Waals surface area contributed by atoms with E-state index in [1.807, 2.05) is 6.07 Å². The molecule has 0 aliphatic carbocycles. The van der Waals surface area contributed by atoms with Crippen LogP contribution in [0.25, 0.3) is 105 Å². The Hall–Kier alpha value is -8.92. The van der Waals surface area contributed by atoms with E-state index in [9.17, 15) is 0 Å². The first kappa shape index (κ1) is 38.5. The summed E-state index contributed by atoms with van der Waals surface area (Å²) in [5.41, 5.74) is 17.9. The van der Waals surface area contributed by atoms with Gasteiger partial charge < -0.3 is 13.9 Å². The quantitative estimate of drug-likeness (QED) is 0.152. The van der Waals surface area contributed by atoms with Crippen LogP contribution >= 0.6 is 0 Å². The number of anilines is 3. The van der Waals surface area contributed by atoms with E-state index in [2.05, 4.69) is 258 Å². The van der Waals surface area contributed by atoms with Crippen LogP contribution in [0.2, 0.25) is 0 Å². The van der Waals surface area contributed by atoms with Crippen molar-refractivity contribution >= 4 is 71.6 Å². The first-order valence-electron chi connectivity index (χ1n) is 22.9. The molecular formula is C64H42N2O. The summed E-state index contributed by atoms with van der Waals surface area (Å²) < 4.78 is 8.79. The molecule has 67 heavy (non-hydrogen) atoms. The van der Waals surface area contributed by atoms with Crippen LogP contribution in [0.4, 0.5) is 17.1 Å². The second-order valence-corrected chi connectivity index (χ2v) is 17.3. The first-order valence-corrected chi connectivity index (χ1v) is 22.9. The number of nitrogens with zero attached hydrogens (tertiary/aromatic N) is 2. The maximum absolute atomic E-state index is 6.41. The van der Waals surface area contributed by atoms with Gasteiger partial charge in [0, 0.05) is 44.2 Å². The van der Waals surface area contributed by atoms with Crippen LogP contribution in [0.15, 0.2) is 259 Å². The van der Waals surface area contributed by atoms with Gasteiger partial charge in [-0.25, -0.2) is 0 Å². The molecule has 0 unspecified atom stereocenters. The molecule has 0 amide bonds. The molecule has 0 radical (unpaired) electrons. The van der Waals surface area contributed by atoms with Gasteiger partial charge in [-0.15, -0.1) is 0 Å². The summed E-state index contributed by atoms with van der Waals surface area (Å²) in [7, 11) is 0. The normalized spacial score (nSPS) is 11.6. The van der Waals surface area contributed by atoms with Crippen LogP contribution in [0, 0.1) is 0 Å². The third-order valence-corrected chi connectivity index (χ3v) is 13.4. The van der Waals surface area contributed by atoms with E-state index in [4.69, 9.17) is 4.42 Å². The summed E-state index contributed by atoms with van der Waals surface area (Å²) in [6.07, 6.45) is 0. The zero-order chi connectivity index (χ0) is 44.3. The van der Waals surface area contributed by atoms with Crippen molar-refractivity contribution in [3.8, 4) is 50.2 Å². The Bertz CT molecular complexity index is 3930. The maximum atomic E-state index is 6.41. The lowest BCUT2D eigenvalue weighted by Gasteiger charge is -2.28. The summed E-state index contributed by atoms with van der Waals surface area (Å²) in [6, 6.07) is 91.9. The van der Waals surface area contributed by atoms with E-state index in [0.717, 1.165) is 72.5 Å². The Morgan fingerprint density at radius 1 is 0.313 bits per heavy atom. The highest BCUT2D eigenvalue weighted by atomic mass is 16.3. The van der Waals surface area contributed by atoms with Crippen molar-refractivity contribution < 1.29 is 4.42 Å². The highest BCUT2D eigenvalue weighted by molar-refractivity contribution is 6.14. The number of benzene rings is 11. The van der Waals surface area contributed by atoms with Gasteiger partial charge in [-0.05, 0) is 116 Å². The smallest absolute Gasteiger partial charge is 0.136 e. The monoisotopic (exact) mass is 854 g/mol. The molecule has 0 aliphatic rings. The number of fused-ring (bicyclic) bond motifs is 7. The van der Waals surface area contributed by atoms with Gasteiger partial charge in [-0.2, -0.15) is 0 Å². The van der Waals surface area contributed by atoms with Crippen LogP contribution in [0.3, 0.4) is 0 Å². The van der Waals surface area contributed by atoms with Crippen molar-refractivity contribution in [1.29, 1.82) is 0 Å². The highest BCUT2D eigenvalue weighted by Gasteiger charge is 2.21. The SMILES string of the molecule is c1cc(-c2cccc3ccccc23)cc(N(c2ccc(-c3ccc(-c4cccc(-n5c6ccccc6c6ccccc65)c4)cc3)cc2)c2ccccc2-c2cccc3oc4ccccc4c23)c1. The lowest BCUT2D eigenvalue weighted by molar-refractivity contribution is 0.669. The van der Waals surface area contributed by atoms with Gasteiger partial charge in [-0.3, -0.25) is 0 Å². The topological polar surface area (TPSA) is 21.3 Å². The summed E-state index contributed by atoms with van der Waals surface area (Å²) in [4.78, 5) is 2.40. The first-order chi connectivity index (χ1) is 33.2. The fraction of sp³-hybridized carbons (Fsp3) is 0. The van der Waals surface area contributed by atoms with Gasteiger partial charge in [0.25, 0.3) is 0 Å². The molecule has 13 rings (SSSR count). The van der Waals surface area contributed by atoms with Gasteiger partial charge in [0.1, 0.15) is 11.2 Å². The van der Waals surface area contributed by atoms with E-state index in [1.54, 1.807) is 0 Å². The zero-order valence-electron chi connectivity index (χ0n) is 36.6. The van der Waals surface area contributed by atoms with Gasteiger partial charge in [0.15, 0.2) is 0 Å². The largest absolute Gasteiger partial charge is 0.456 e. The number of hydrogen-bond donors (Lipinski definition) is 0. The van der Waals surface area contributed by atoms with E-state index >= 15 is 0 Å². The Balaban J connectivity index is 0.894. The molecule has 2 aromatic heterocycles. The molecule has 13 aromatic rings. The maximum Gasteiger partial charge on any atom is 0.136 e. The minimum Gasteiger partial charge on any atom is -0.456 e. The van der Waals surface area contributed by atoms with Crippen molar-refractivity contribution in [2.45, 2.75) is 0 Å². The Labute approximate surface area is 388 Å². The van der Waals surface area contributed by atoms with Crippen LogP contribution in [0.5, 0.6) is 0 Å². The predicted octanol–water partition coefficient (Wildman–Crippen LogP) is 18.0. The lowest BCUT2D eigenvalue weighted by Crippen LogP contribution is -2.11. The van der Waals surface area contributed by atoms with Crippen LogP contribution in [-0.2, 0) is 0 Å². The Kier molecular flexibility index (Phi) is 9.17. The molecule has 3 nitrogen and oxygen atoms in total. The fourth-order valence-corrected chi connectivity index (χ4v) is 10.3. The second-order valence-electron chi connectivity index (χ2n) is 17.3. The number of furan rings is 1. The van der Waals surface area contributed by atoms with E-state index in [0.29, 0.717) is 0 Å². The number of para-hydroxylation sites is 4. The molecule has 2 heterocycles. The van der Waals surface area contributed by atoms with Crippen molar-refractivity contribution in [2.24, 2.45) is 0 Å². The molecule has 0 saturated heterocycles. The van der Waals surface area contributed by atoms with Crippen LogP contribution < -0.4 is 4.90 Å².